The lowest BCUT2D eigenvalue weighted by molar-refractivity contribution is -0.127. The summed E-state index contributed by atoms with van der Waals surface area (Å²) in [5.41, 5.74) is 1.14. The van der Waals surface area contributed by atoms with Crippen LogP contribution in [0.3, 0.4) is 0 Å². The van der Waals surface area contributed by atoms with Gasteiger partial charge in [-0.25, -0.2) is 0 Å². The van der Waals surface area contributed by atoms with Crippen molar-refractivity contribution in [2.45, 2.75) is 26.5 Å². The minimum absolute atomic E-state index is 0.165. The zero-order valence-electron chi connectivity index (χ0n) is 13.4. The molecular formula is C17H17N3O3S. The second-order valence-corrected chi connectivity index (χ2v) is 6.23. The Bertz CT molecular complexity index is 797. The van der Waals surface area contributed by atoms with Crippen LogP contribution in [-0.2, 0) is 11.3 Å². The SMILES string of the molecule is Cc1ccc(O[C@H](C)C(=O)NCc2nc(-c3cccs3)no2)cc1. The average Bonchev–Trinajstić information content (AvgIpc) is 3.25. The van der Waals surface area contributed by atoms with Crippen molar-refractivity contribution in [3.05, 3.63) is 53.2 Å². The predicted octanol–water partition coefficient (Wildman–Crippen LogP) is 3.19. The number of nitrogens with one attached hydrogen (secondary N) is 1. The first-order valence-electron chi connectivity index (χ1n) is 7.49. The number of aryl methyl sites for hydroxylation is 1. The Morgan fingerprint density at radius 1 is 1.33 bits per heavy atom. The fourth-order valence-corrected chi connectivity index (χ4v) is 2.66. The number of carbonyl (C=O) groups excluding carboxylic acids is 1. The Morgan fingerprint density at radius 2 is 2.12 bits per heavy atom. The van der Waals surface area contributed by atoms with Gasteiger partial charge in [0.25, 0.3) is 5.91 Å². The molecule has 0 bridgehead atoms. The Kier molecular flexibility index (Phi) is 4.90. The van der Waals surface area contributed by atoms with Crippen LogP contribution in [0.15, 0.2) is 46.3 Å². The van der Waals surface area contributed by atoms with Gasteiger partial charge in [0.05, 0.1) is 11.4 Å². The normalized spacial score (nSPS) is 11.9. The molecule has 2 aromatic heterocycles. The molecule has 3 rings (SSSR count). The van der Waals surface area contributed by atoms with Crippen molar-refractivity contribution < 1.29 is 14.1 Å². The number of aromatic nitrogens is 2. The average molecular weight is 343 g/mol. The highest BCUT2D eigenvalue weighted by molar-refractivity contribution is 7.13. The molecule has 2 heterocycles. The number of rotatable bonds is 6. The summed E-state index contributed by atoms with van der Waals surface area (Å²) in [7, 11) is 0. The maximum Gasteiger partial charge on any atom is 0.261 e. The van der Waals surface area contributed by atoms with Crippen LogP contribution in [0, 0.1) is 6.92 Å². The minimum Gasteiger partial charge on any atom is -0.481 e. The van der Waals surface area contributed by atoms with Gasteiger partial charge in [-0.15, -0.1) is 11.3 Å². The number of amides is 1. The van der Waals surface area contributed by atoms with Gasteiger partial charge < -0.3 is 14.6 Å². The number of hydrogen-bond acceptors (Lipinski definition) is 6. The molecule has 1 N–H and O–H groups in total. The van der Waals surface area contributed by atoms with E-state index < -0.39 is 6.10 Å². The van der Waals surface area contributed by atoms with Gasteiger partial charge in [0.2, 0.25) is 11.7 Å². The number of thiophene rings is 1. The molecule has 0 fully saturated rings. The zero-order valence-corrected chi connectivity index (χ0v) is 14.2. The molecule has 0 aliphatic rings. The highest BCUT2D eigenvalue weighted by Crippen LogP contribution is 2.21. The largest absolute Gasteiger partial charge is 0.481 e. The summed E-state index contributed by atoms with van der Waals surface area (Å²) < 4.78 is 10.7. The van der Waals surface area contributed by atoms with Gasteiger partial charge in [0, 0.05) is 0 Å². The van der Waals surface area contributed by atoms with Crippen LogP contribution in [0.1, 0.15) is 18.4 Å². The van der Waals surface area contributed by atoms with Crippen LogP contribution in [0.25, 0.3) is 10.7 Å². The van der Waals surface area contributed by atoms with E-state index in [9.17, 15) is 4.79 Å². The van der Waals surface area contributed by atoms with E-state index in [1.54, 1.807) is 6.92 Å². The Labute approximate surface area is 143 Å². The van der Waals surface area contributed by atoms with Crippen LogP contribution in [0.5, 0.6) is 5.75 Å². The summed E-state index contributed by atoms with van der Waals surface area (Å²) in [5, 5.41) is 8.57. The number of benzene rings is 1. The molecule has 0 saturated heterocycles. The predicted molar refractivity (Wildman–Crippen MR) is 90.7 cm³/mol. The maximum atomic E-state index is 12.1. The molecule has 24 heavy (non-hydrogen) atoms. The van der Waals surface area contributed by atoms with E-state index in [2.05, 4.69) is 15.5 Å². The Hall–Kier alpha value is -2.67. The van der Waals surface area contributed by atoms with E-state index in [1.165, 1.54) is 11.3 Å². The number of ether oxygens (including phenoxy) is 1. The minimum atomic E-state index is -0.618. The van der Waals surface area contributed by atoms with Crippen LogP contribution >= 0.6 is 11.3 Å². The number of hydrogen-bond donors (Lipinski definition) is 1. The molecular weight excluding hydrogens is 326 g/mol. The van der Waals surface area contributed by atoms with Crippen LogP contribution < -0.4 is 10.1 Å². The smallest absolute Gasteiger partial charge is 0.261 e. The zero-order chi connectivity index (χ0) is 16.9. The highest BCUT2D eigenvalue weighted by atomic mass is 32.1. The molecule has 3 aromatic rings. The Morgan fingerprint density at radius 3 is 2.83 bits per heavy atom. The third-order valence-corrected chi connectivity index (χ3v) is 4.19. The summed E-state index contributed by atoms with van der Waals surface area (Å²) >= 11 is 1.53. The molecule has 0 spiro atoms. The summed E-state index contributed by atoms with van der Waals surface area (Å²) in [6.45, 7) is 3.85. The van der Waals surface area contributed by atoms with Crippen LogP contribution in [0.2, 0.25) is 0 Å². The van der Waals surface area contributed by atoms with E-state index in [4.69, 9.17) is 9.26 Å². The molecule has 0 aliphatic heterocycles. The summed E-state index contributed by atoms with van der Waals surface area (Å²) in [4.78, 5) is 17.3. The summed E-state index contributed by atoms with van der Waals surface area (Å²) in [6, 6.07) is 11.4. The quantitative estimate of drug-likeness (QED) is 0.744. The summed E-state index contributed by atoms with van der Waals surface area (Å²) in [5.74, 6) is 1.29. The van der Waals surface area contributed by atoms with Crippen molar-refractivity contribution >= 4 is 17.2 Å². The fraction of sp³-hybridized carbons (Fsp3) is 0.235. The molecule has 6 nitrogen and oxygen atoms in total. The number of carbonyl (C=O) groups is 1. The molecule has 124 valence electrons. The van der Waals surface area contributed by atoms with Crippen molar-refractivity contribution in [1.29, 1.82) is 0 Å². The van der Waals surface area contributed by atoms with Crippen molar-refractivity contribution in [1.82, 2.24) is 15.5 Å². The van der Waals surface area contributed by atoms with Crippen molar-refractivity contribution in [2.75, 3.05) is 0 Å². The fourth-order valence-electron chi connectivity index (χ4n) is 2.01. The van der Waals surface area contributed by atoms with Crippen molar-refractivity contribution in [3.8, 4) is 16.5 Å². The van der Waals surface area contributed by atoms with Gasteiger partial charge in [-0.1, -0.05) is 28.9 Å². The lowest BCUT2D eigenvalue weighted by atomic mass is 10.2. The molecule has 7 heteroatoms. The van der Waals surface area contributed by atoms with Crippen molar-refractivity contribution in [3.63, 3.8) is 0 Å². The standard InChI is InChI=1S/C17H17N3O3S/c1-11-5-7-13(8-6-11)22-12(2)17(21)18-10-15-19-16(20-23-15)14-4-3-9-24-14/h3-9,12H,10H2,1-2H3,(H,18,21)/t12-/m1/s1. The molecule has 0 saturated carbocycles. The molecule has 0 aliphatic carbocycles. The van der Waals surface area contributed by atoms with Crippen molar-refractivity contribution in [2.24, 2.45) is 0 Å². The van der Waals surface area contributed by atoms with Crippen LogP contribution in [-0.4, -0.2) is 22.2 Å². The van der Waals surface area contributed by atoms with E-state index in [-0.39, 0.29) is 12.5 Å². The van der Waals surface area contributed by atoms with Crippen LogP contribution in [0.4, 0.5) is 0 Å². The molecule has 0 unspecified atom stereocenters. The topological polar surface area (TPSA) is 77.2 Å². The van der Waals surface area contributed by atoms with Gasteiger partial charge in [-0.3, -0.25) is 4.79 Å². The van der Waals surface area contributed by atoms with E-state index in [1.807, 2.05) is 48.7 Å². The van der Waals surface area contributed by atoms with Gasteiger partial charge in [-0.05, 0) is 37.4 Å². The second kappa shape index (κ2) is 7.27. The van der Waals surface area contributed by atoms with E-state index in [0.717, 1.165) is 10.4 Å². The van der Waals surface area contributed by atoms with Gasteiger partial charge in [0.1, 0.15) is 5.75 Å². The molecule has 1 atom stereocenters. The van der Waals surface area contributed by atoms with Gasteiger partial charge in [0.15, 0.2) is 6.10 Å². The van der Waals surface area contributed by atoms with E-state index >= 15 is 0 Å². The monoisotopic (exact) mass is 343 g/mol. The molecule has 0 radical (unpaired) electrons. The second-order valence-electron chi connectivity index (χ2n) is 5.28. The third kappa shape index (κ3) is 3.99. The first-order valence-corrected chi connectivity index (χ1v) is 8.37. The van der Waals surface area contributed by atoms with Gasteiger partial charge >= 0.3 is 0 Å². The van der Waals surface area contributed by atoms with E-state index in [0.29, 0.717) is 17.5 Å². The lowest BCUT2D eigenvalue weighted by Gasteiger charge is -2.14. The first kappa shape index (κ1) is 16.2. The Balaban J connectivity index is 1.52. The third-order valence-electron chi connectivity index (χ3n) is 3.33. The maximum absolute atomic E-state index is 12.1. The summed E-state index contributed by atoms with van der Waals surface area (Å²) in [6.07, 6.45) is -0.618. The number of nitrogens with zero attached hydrogens (tertiary/aromatic N) is 2. The molecule has 1 amide bonds. The van der Waals surface area contributed by atoms with Gasteiger partial charge in [-0.2, -0.15) is 4.98 Å². The highest BCUT2D eigenvalue weighted by Gasteiger charge is 2.16. The molecule has 1 aromatic carbocycles. The lowest BCUT2D eigenvalue weighted by Crippen LogP contribution is -2.35. The first-order chi connectivity index (χ1) is 11.6.